The van der Waals surface area contributed by atoms with Gasteiger partial charge in [-0.05, 0) is 70.6 Å². The number of imide groups is 1. The molecule has 0 aliphatic carbocycles. The van der Waals surface area contributed by atoms with Gasteiger partial charge in [0, 0.05) is 32.5 Å². The number of fused-ring (bicyclic) bond motifs is 1. The van der Waals surface area contributed by atoms with Crippen LogP contribution in [0.1, 0.15) is 64.5 Å². The lowest BCUT2D eigenvalue weighted by atomic mass is 9.97. The van der Waals surface area contributed by atoms with Crippen LogP contribution in [-0.2, 0) is 42.6 Å². The van der Waals surface area contributed by atoms with Crippen LogP contribution in [0.3, 0.4) is 0 Å². The topological polar surface area (TPSA) is 166 Å². The molecule has 0 spiro atoms. The molecule has 41 heavy (non-hydrogen) atoms. The highest BCUT2D eigenvalue weighted by molar-refractivity contribution is 7.90. The molecule has 4 amide bonds. The van der Waals surface area contributed by atoms with Crippen molar-refractivity contribution in [3.63, 3.8) is 0 Å². The Balaban J connectivity index is 1.31. The lowest BCUT2D eigenvalue weighted by molar-refractivity contribution is -0.135. The van der Waals surface area contributed by atoms with Crippen molar-refractivity contribution in [2.45, 2.75) is 70.9 Å². The Labute approximate surface area is 238 Å². The highest BCUT2D eigenvalue weighted by atomic mass is 32.2. The molecule has 224 valence electrons. The quantitative estimate of drug-likeness (QED) is 0.455. The van der Waals surface area contributed by atoms with Gasteiger partial charge in [0.1, 0.15) is 11.6 Å². The zero-order chi connectivity index (χ0) is 30.1. The van der Waals surface area contributed by atoms with E-state index in [1.165, 1.54) is 14.0 Å². The third-order valence-corrected chi connectivity index (χ3v) is 8.67. The van der Waals surface area contributed by atoms with E-state index in [1.54, 1.807) is 46.0 Å². The fraction of sp³-hybridized carbons (Fsp3) is 0.593. The summed E-state index contributed by atoms with van der Waals surface area (Å²) in [5.74, 6) is -2.22. The van der Waals surface area contributed by atoms with Crippen molar-refractivity contribution < 1.29 is 32.3 Å². The summed E-state index contributed by atoms with van der Waals surface area (Å²) in [6, 6.07) is 4.49. The summed E-state index contributed by atoms with van der Waals surface area (Å²) in [5.41, 5.74) is 0.931. The molecular weight excluding hydrogens is 554 g/mol. The molecule has 2 N–H and O–H groups in total. The lowest BCUT2D eigenvalue weighted by Crippen LogP contribution is -2.46. The fourth-order valence-corrected chi connectivity index (χ4v) is 6.30. The van der Waals surface area contributed by atoms with Gasteiger partial charge in [-0.15, -0.1) is 0 Å². The summed E-state index contributed by atoms with van der Waals surface area (Å²) in [6.45, 7) is 5.94. The van der Waals surface area contributed by atoms with Crippen LogP contribution in [0.25, 0.3) is 11.0 Å². The molecule has 0 radical (unpaired) electrons. The van der Waals surface area contributed by atoms with Crippen molar-refractivity contribution in [2.75, 3.05) is 18.8 Å². The van der Waals surface area contributed by atoms with Gasteiger partial charge in [0.15, 0.2) is 0 Å². The Kier molecular flexibility index (Phi) is 8.62. The number of aryl methyl sites for hydroxylation is 2. The first-order chi connectivity index (χ1) is 19.1. The summed E-state index contributed by atoms with van der Waals surface area (Å²) >= 11 is 0. The first-order valence-electron chi connectivity index (χ1n) is 13.7. The molecule has 3 heterocycles. The third kappa shape index (κ3) is 7.16. The normalized spacial score (nSPS) is 18.8. The van der Waals surface area contributed by atoms with Crippen LogP contribution in [-0.4, -0.2) is 70.7 Å². The molecule has 1 aromatic carbocycles. The minimum absolute atomic E-state index is 0.146. The minimum Gasteiger partial charge on any atom is -0.444 e. The van der Waals surface area contributed by atoms with E-state index in [9.17, 15) is 32.4 Å². The zero-order valence-electron chi connectivity index (χ0n) is 23.8. The number of rotatable bonds is 7. The van der Waals surface area contributed by atoms with Crippen molar-refractivity contribution in [1.82, 2.24) is 24.1 Å². The van der Waals surface area contributed by atoms with Crippen LogP contribution in [0.4, 0.5) is 4.79 Å². The molecule has 2 aliphatic rings. The number of hydrogen-bond donors (Lipinski definition) is 2. The minimum atomic E-state index is -3.87. The summed E-state index contributed by atoms with van der Waals surface area (Å²) in [5, 5.41) is 2.28. The number of aromatic nitrogens is 2. The number of piperidine rings is 2. The molecule has 14 heteroatoms. The molecule has 2 fully saturated rings. The van der Waals surface area contributed by atoms with Crippen molar-refractivity contribution in [3.8, 4) is 0 Å². The van der Waals surface area contributed by atoms with Crippen LogP contribution in [0.2, 0.25) is 0 Å². The molecule has 2 aliphatic heterocycles. The summed E-state index contributed by atoms with van der Waals surface area (Å²) in [7, 11) is -2.28. The predicted molar refractivity (Wildman–Crippen MR) is 149 cm³/mol. The van der Waals surface area contributed by atoms with Gasteiger partial charge in [-0.1, -0.05) is 6.07 Å². The first-order valence-corrected chi connectivity index (χ1v) is 15.4. The molecule has 1 atom stereocenters. The molecule has 0 bridgehead atoms. The smallest absolute Gasteiger partial charge is 0.410 e. The van der Waals surface area contributed by atoms with E-state index in [1.807, 2.05) is 0 Å². The maximum Gasteiger partial charge on any atom is 0.410 e. The van der Waals surface area contributed by atoms with Gasteiger partial charge in [-0.2, -0.15) is 0 Å². The Hall–Kier alpha value is -3.68. The van der Waals surface area contributed by atoms with Gasteiger partial charge < -0.3 is 9.64 Å². The maximum atomic E-state index is 12.9. The van der Waals surface area contributed by atoms with Gasteiger partial charge >= 0.3 is 11.8 Å². The van der Waals surface area contributed by atoms with Gasteiger partial charge in [-0.25, -0.2) is 18.0 Å². The van der Waals surface area contributed by atoms with Gasteiger partial charge in [0.25, 0.3) is 0 Å². The number of nitrogens with zero attached hydrogens (tertiary/aromatic N) is 3. The number of imidazole rings is 1. The van der Waals surface area contributed by atoms with Crippen LogP contribution in [0, 0.1) is 5.92 Å². The second-order valence-electron chi connectivity index (χ2n) is 11.6. The average Bonchev–Trinajstić information content (AvgIpc) is 3.12. The standard InChI is InChI=1S/C27H37N5O8S/c1-27(2,3)40-26(37)31-13-11-18(12-14-31)23(34)29-41(38,39)15-5-6-17-7-8-19-21(16-17)30(4)25(36)32(19)20-9-10-22(33)28-24(20)35/h7-8,16,18,20H,5-6,9-15H2,1-4H3,(H,29,34)(H,28,33,35). The van der Waals surface area contributed by atoms with E-state index in [0.29, 0.717) is 43.4 Å². The number of amides is 4. The SMILES string of the molecule is Cn1c(=O)n(C2CCC(=O)NC2=O)c2ccc(CCCS(=O)(=O)NC(=O)C3CCN(C(=O)OC(C)(C)C)CC3)cc21. The second-order valence-corrected chi connectivity index (χ2v) is 13.5. The molecule has 2 aromatic rings. The van der Waals surface area contributed by atoms with E-state index in [2.05, 4.69) is 10.0 Å². The average molecular weight is 592 g/mol. The van der Waals surface area contributed by atoms with Gasteiger partial charge in [-0.3, -0.25) is 33.6 Å². The van der Waals surface area contributed by atoms with E-state index in [-0.39, 0.29) is 36.6 Å². The molecule has 1 aromatic heterocycles. The number of likely N-dealkylation sites (tertiary alicyclic amines) is 1. The van der Waals surface area contributed by atoms with Gasteiger partial charge in [0.05, 0.1) is 16.8 Å². The van der Waals surface area contributed by atoms with Crippen LogP contribution in [0.15, 0.2) is 23.0 Å². The highest BCUT2D eigenvalue weighted by Crippen LogP contribution is 2.24. The Morgan fingerprint density at radius 3 is 2.39 bits per heavy atom. The number of carbonyl (C=O) groups is 4. The molecule has 13 nitrogen and oxygen atoms in total. The van der Waals surface area contributed by atoms with E-state index >= 15 is 0 Å². The number of hydrogen-bond acceptors (Lipinski definition) is 8. The second kappa shape index (κ2) is 11.7. The molecular formula is C27H37N5O8S. The van der Waals surface area contributed by atoms with Crippen molar-refractivity contribution in [3.05, 3.63) is 34.2 Å². The van der Waals surface area contributed by atoms with Crippen molar-refractivity contribution >= 4 is 44.9 Å². The van der Waals surface area contributed by atoms with Crippen LogP contribution in [0.5, 0.6) is 0 Å². The zero-order valence-corrected chi connectivity index (χ0v) is 24.6. The van der Waals surface area contributed by atoms with Gasteiger partial charge in [0.2, 0.25) is 27.7 Å². The molecule has 4 rings (SSSR count). The van der Waals surface area contributed by atoms with Crippen LogP contribution >= 0.6 is 0 Å². The summed E-state index contributed by atoms with van der Waals surface area (Å²) in [6.07, 6.45) is 1.25. The van der Waals surface area contributed by atoms with Crippen molar-refractivity contribution in [2.24, 2.45) is 13.0 Å². The van der Waals surface area contributed by atoms with Crippen LogP contribution < -0.4 is 15.7 Å². The van der Waals surface area contributed by atoms with E-state index in [4.69, 9.17) is 4.74 Å². The number of nitrogens with one attached hydrogen (secondary N) is 2. The number of sulfonamides is 1. The third-order valence-electron chi connectivity index (χ3n) is 7.33. The first kappa shape index (κ1) is 30.3. The highest BCUT2D eigenvalue weighted by Gasteiger charge is 2.32. The number of carbonyl (C=O) groups excluding carboxylic acids is 4. The summed E-state index contributed by atoms with van der Waals surface area (Å²) in [4.78, 5) is 63.2. The maximum absolute atomic E-state index is 12.9. The fourth-order valence-electron chi connectivity index (χ4n) is 5.20. The Bertz CT molecular complexity index is 1530. The Morgan fingerprint density at radius 1 is 1.07 bits per heavy atom. The van der Waals surface area contributed by atoms with Crippen molar-refractivity contribution in [1.29, 1.82) is 0 Å². The molecule has 2 saturated heterocycles. The van der Waals surface area contributed by atoms with E-state index in [0.717, 1.165) is 5.56 Å². The molecule has 1 unspecified atom stereocenters. The van der Waals surface area contributed by atoms with E-state index < -0.39 is 45.5 Å². The number of benzene rings is 1. The number of ether oxygens (including phenoxy) is 1. The Morgan fingerprint density at radius 2 is 1.76 bits per heavy atom. The molecule has 0 saturated carbocycles. The predicted octanol–water partition coefficient (Wildman–Crippen LogP) is 1.34. The summed E-state index contributed by atoms with van der Waals surface area (Å²) < 4.78 is 35.6. The monoisotopic (exact) mass is 591 g/mol. The lowest BCUT2D eigenvalue weighted by Gasteiger charge is -2.32. The largest absolute Gasteiger partial charge is 0.444 e.